The van der Waals surface area contributed by atoms with Crippen molar-refractivity contribution in [3.63, 3.8) is 0 Å². The molecule has 9 nitrogen and oxygen atoms in total. The first kappa shape index (κ1) is 19.7. The van der Waals surface area contributed by atoms with Crippen LogP contribution in [0.5, 0.6) is 11.6 Å². The lowest BCUT2D eigenvalue weighted by Gasteiger charge is -2.27. The molecule has 2 aromatic heterocycles. The number of fused-ring (bicyclic) bond motifs is 1. The van der Waals surface area contributed by atoms with Crippen molar-refractivity contribution in [1.82, 2.24) is 4.98 Å². The number of aromatic nitrogens is 1. The minimum atomic E-state index is -1.22. The molecular formula is C21H21N3O6. The Morgan fingerprint density at radius 3 is 2.73 bits per heavy atom. The van der Waals surface area contributed by atoms with E-state index in [2.05, 4.69) is 4.98 Å². The summed E-state index contributed by atoms with van der Waals surface area (Å²) in [5.41, 5.74) is 11.6. The smallest absolute Gasteiger partial charge is 0.252 e. The summed E-state index contributed by atoms with van der Waals surface area (Å²) in [6.45, 7) is 1.97. The first-order valence-electron chi connectivity index (χ1n) is 9.35. The zero-order valence-electron chi connectivity index (χ0n) is 16.3. The van der Waals surface area contributed by atoms with Gasteiger partial charge < -0.3 is 30.5 Å². The van der Waals surface area contributed by atoms with Crippen LogP contribution in [-0.2, 0) is 21.6 Å². The van der Waals surface area contributed by atoms with Crippen molar-refractivity contribution in [2.24, 2.45) is 11.5 Å². The molecule has 0 spiro atoms. The molecule has 0 saturated carbocycles. The number of rotatable bonds is 6. The predicted octanol–water partition coefficient (Wildman–Crippen LogP) is 1.66. The monoisotopic (exact) mass is 411 g/mol. The number of furan rings is 1. The summed E-state index contributed by atoms with van der Waals surface area (Å²) in [6, 6.07) is 6.62. The third-order valence-electron chi connectivity index (χ3n) is 5.46. The molecule has 1 saturated heterocycles. The minimum Gasteiger partial charge on any atom is -0.493 e. The van der Waals surface area contributed by atoms with Gasteiger partial charge in [0.2, 0.25) is 11.8 Å². The van der Waals surface area contributed by atoms with E-state index in [1.54, 1.807) is 31.2 Å². The molecule has 0 bridgehead atoms. The number of ether oxygens (including phenoxy) is 2. The molecule has 3 heterocycles. The molecule has 1 atom stereocenters. The molecule has 1 aliphatic heterocycles. The Morgan fingerprint density at radius 1 is 1.30 bits per heavy atom. The minimum absolute atomic E-state index is 0.0172. The van der Waals surface area contributed by atoms with Crippen LogP contribution in [0.4, 0.5) is 0 Å². The molecule has 2 amide bonds. The third kappa shape index (κ3) is 3.03. The zero-order chi connectivity index (χ0) is 21.5. The van der Waals surface area contributed by atoms with Crippen LogP contribution in [0.2, 0.25) is 0 Å². The summed E-state index contributed by atoms with van der Waals surface area (Å²) in [7, 11) is 0. The number of amides is 2. The summed E-state index contributed by atoms with van der Waals surface area (Å²) in [6.07, 6.45) is 1.78. The molecule has 3 aromatic rings. The van der Waals surface area contributed by atoms with Crippen molar-refractivity contribution in [3.05, 3.63) is 52.9 Å². The second kappa shape index (κ2) is 7.34. The molecule has 5 N–H and O–H groups in total. The normalized spacial score (nSPS) is 18.6. The highest BCUT2D eigenvalue weighted by Crippen LogP contribution is 2.45. The Labute approximate surface area is 171 Å². The van der Waals surface area contributed by atoms with Crippen molar-refractivity contribution < 1.29 is 28.6 Å². The number of hydrogen-bond acceptors (Lipinski definition) is 7. The molecule has 4 rings (SSSR count). The van der Waals surface area contributed by atoms with Crippen LogP contribution in [0, 0.1) is 6.92 Å². The number of aromatic hydroxyl groups is 1. The van der Waals surface area contributed by atoms with Crippen LogP contribution in [-0.4, -0.2) is 35.1 Å². The van der Waals surface area contributed by atoms with Crippen LogP contribution in [0.25, 0.3) is 11.0 Å². The van der Waals surface area contributed by atoms with Crippen LogP contribution in [0.3, 0.4) is 0 Å². The van der Waals surface area contributed by atoms with Crippen LogP contribution < -0.4 is 16.2 Å². The molecule has 1 aliphatic rings. The average Bonchev–Trinajstić information content (AvgIpc) is 3.31. The quantitative estimate of drug-likeness (QED) is 0.558. The Kier molecular flexibility index (Phi) is 4.83. The fraction of sp³-hybridized carbons (Fsp3) is 0.286. The molecule has 0 radical (unpaired) electrons. The third-order valence-corrected chi connectivity index (χ3v) is 5.46. The van der Waals surface area contributed by atoms with Crippen molar-refractivity contribution in [1.29, 1.82) is 0 Å². The van der Waals surface area contributed by atoms with Gasteiger partial charge in [-0.05, 0) is 37.6 Å². The number of pyridine rings is 1. The highest BCUT2D eigenvalue weighted by Gasteiger charge is 2.47. The SMILES string of the molecule is Cc1oc2ccc(OCc3cccnc3O)c(C3(C(N)=O)CCOC3)c2c1C(N)=O. The maximum Gasteiger partial charge on any atom is 0.252 e. The molecule has 1 unspecified atom stereocenters. The number of aryl methyl sites for hydroxylation is 1. The topological polar surface area (TPSA) is 151 Å². The van der Waals surface area contributed by atoms with Gasteiger partial charge in [-0.1, -0.05) is 0 Å². The highest BCUT2D eigenvalue weighted by atomic mass is 16.5. The molecule has 1 fully saturated rings. The lowest BCUT2D eigenvalue weighted by atomic mass is 9.76. The van der Waals surface area contributed by atoms with E-state index in [0.717, 1.165) is 0 Å². The number of hydrogen-bond donors (Lipinski definition) is 3. The van der Waals surface area contributed by atoms with Crippen LogP contribution >= 0.6 is 0 Å². The second-order valence-electron chi connectivity index (χ2n) is 7.23. The van der Waals surface area contributed by atoms with Gasteiger partial charge in [-0.25, -0.2) is 4.98 Å². The molecule has 1 aromatic carbocycles. The second-order valence-corrected chi connectivity index (χ2v) is 7.23. The Bertz CT molecular complexity index is 1150. The first-order valence-corrected chi connectivity index (χ1v) is 9.35. The molecule has 9 heteroatoms. The van der Waals surface area contributed by atoms with Gasteiger partial charge in [0, 0.05) is 23.8 Å². The van der Waals surface area contributed by atoms with E-state index in [1.165, 1.54) is 6.20 Å². The van der Waals surface area contributed by atoms with Gasteiger partial charge in [-0.2, -0.15) is 0 Å². The van der Waals surface area contributed by atoms with E-state index in [1.807, 2.05) is 0 Å². The van der Waals surface area contributed by atoms with E-state index in [4.69, 9.17) is 25.4 Å². The molecule has 0 aliphatic carbocycles. The zero-order valence-corrected chi connectivity index (χ0v) is 16.3. The van der Waals surface area contributed by atoms with Gasteiger partial charge in [-0.3, -0.25) is 9.59 Å². The van der Waals surface area contributed by atoms with Gasteiger partial charge in [0.05, 0.1) is 17.7 Å². The Hall–Kier alpha value is -3.59. The maximum absolute atomic E-state index is 12.6. The van der Waals surface area contributed by atoms with Gasteiger partial charge in [0.1, 0.15) is 29.1 Å². The summed E-state index contributed by atoms with van der Waals surface area (Å²) >= 11 is 0. The fourth-order valence-electron chi connectivity index (χ4n) is 3.96. The van der Waals surface area contributed by atoms with E-state index in [9.17, 15) is 14.7 Å². The average molecular weight is 411 g/mol. The van der Waals surface area contributed by atoms with Crippen molar-refractivity contribution in [2.45, 2.75) is 25.4 Å². The Balaban J connectivity index is 1.94. The largest absolute Gasteiger partial charge is 0.493 e. The number of nitrogens with two attached hydrogens (primary N) is 2. The van der Waals surface area contributed by atoms with E-state index >= 15 is 0 Å². The van der Waals surface area contributed by atoms with Gasteiger partial charge >= 0.3 is 0 Å². The molecule has 156 valence electrons. The van der Waals surface area contributed by atoms with Gasteiger partial charge in [0.25, 0.3) is 5.91 Å². The summed E-state index contributed by atoms with van der Waals surface area (Å²) < 4.78 is 17.2. The maximum atomic E-state index is 12.6. The summed E-state index contributed by atoms with van der Waals surface area (Å²) in [5.74, 6) is -0.799. The van der Waals surface area contributed by atoms with Crippen LogP contribution in [0.15, 0.2) is 34.9 Å². The van der Waals surface area contributed by atoms with E-state index in [-0.39, 0.29) is 24.7 Å². The predicted molar refractivity (Wildman–Crippen MR) is 106 cm³/mol. The number of carbonyl (C=O) groups excluding carboxylic acids is 2. The highest BCUT2D eigenvalue weighted by molar-refractivity contribution is 6.10. The van der Waals surface area contributed by atoms with Crippen LogP contribution in [0.1, 0.15) is 33.7 Å². The van der Waals surface area contributed by atoms with Crippen molar-refractivity contribution in [2.75, 3.05) is 13.2 Å². The van der Waals surface area contributed by atoms with E-state index < -0.39 is 17.2 Å². The lowest BCUT2D eigenvalue weighted by Crippen LogP contribution is -2.42. The van der Waals surface area contributed by atoms with E-state index in [0.29, 0.717) is 46.6 Å². The van der Waals surface area contributed by atoms with Crippen molar-refractivity contribution >= 4 is 22.8 Å². The fourth-order valence-corrected chi connectivity index (χ4v) is 3.96. The first-order chi connectivity index (χ1) is 14.3. The number of primary amides is 2. The van der Waals surface area contributed by atoms with Gasteiger partial charge in [-0.15, -0.1) is 0 Å². The standard InChI is InChI=1S/C21H21N3O6/c1-11-15(18(22)25)16-13(30-11)4-5-14(29-9-12-3-2-7-24-19(12)26)17(16)21(20(23)27)6-8-28-10-21/h2-5,7H,6,8-10H2,1H3,(H2,22,25)(H2,23,27)(H,24,26). The molecule has 30 heavy (non-hydrogen) atoms. The number of nitrogens with zero attached hydrogens (tertiary/aromatic N) is 1. The lowest BCUT2D eigenvalue weighted by molar-refractivity contribution is -0.123. The summed E-state index contributed by atoms with van der Waals surface area (Å²) in [4.78, 5) is 28.7. The number of carbonyl (C=O) groups is 2. The van der Waals surface area contributed by atoms with Gasteiger partial charge in [0.15, 0.2) is 0 Å². The van der Waals surface area contributed by atoms with Crippen molar-refractivity contribution in [3.8, 4) is 11.6 Å². The number of benzene rings is 1. The molecular weight excluding hydrogens is 390 g/mol. The Morgan fingerprint density at radius 2 is 2.10 bits per heavy atom. The summed E-state index contributed by atoms with van der Waals surface area (Å²) in [5, 5.41) is 10.3.